The van der Waals surface area contributed by atoms with Gasteiger partial charge < -0.3 is 5.32 Å². The molecule has 2 rings (SSSR count). The first kappa shape index (κ1) is 9.75. The van der Waals surface area contributed by atoms with Gasteiger partial charge in [-0.25, -0.2) is 0 Å². The number of aliphatic imine (C=N–C) groups is 1. The average Bonchev–Trinajstić information content (AvgIpc) is 2.19. The first-order valence-electron chi connectivity index (χ1n) is 5.75. The molecule has 0 aromatic carbocycles. The summed E-state index contributed by atoms with van der Waals surface area (Å²) in [6.07, 6.45) is 11.9. The van der Waals surface area contributed by atoms with E-state index >= 15 is 0 Å². The molecule has 0 amide bonds. The van der Waals surface area contributed by atoms with E-state index in [4.69, 9.17) is 0 Å². The molecular formula is C12H20N2. The molecule has 0 saturated heterocycles. The lowest BCUT2D eigenvalue weighted by Crippen LogP contribution is -2.46. The van der Waals surface area contributed by atoms with Crippen molar-refractivity contribution >= 4 is 5.84 Å². The maximum Gasteiger partial charge on any atom is 0.0967 e. The Morgan fingerprint density at radius 3 is 2.93 bits per heavy atom. The molecule has 1 aliphatic heterocycles. The third-order valence-electron chi connectivity index (χ3n) is 3.17. The van der Waals surface area contributed by atoms with Gasteiger partial charge in [-0.15, -0.1) is 0 Å². The van der Waals surface area contributed by atoms with E-state index in [1.165, 1.54) is 31.5 Å². The number of amidine groups is 1. The van der Waals surface area contributed by atoms with E-state index in [1.807, 2.05) is 0 Å². The fraction of sp³-hybridized carbons (Fsp3) is 0.750. The van der Waals surface area contributed by atoms with Crippen LogP contribution in [0.25, 0.3) is 0 Å². The highest BCUT2D eigenvalue weighted by Crippen LogP contribution is 2.23. The molecule has 1 heterocycles. The van der Waals surface area contributed by atoms with Crippen molar-refractivity contribution in [3.8, 4) is 0 Å². The van der Waals surface area contributed by atoms with Crippen LogP contribution < -0.4 is 5.32 Å². The topological polar surface area (TPSA) is 24.4 Å². The van der Waals surface area contributed by atoms with E-state index < -0.39 is 0 Å². The summed E-state index contributed by atoms with van der Waals surface area (Å²) in [6.45, 7) is 3.34. The summed E-state index contributed by atoms with van der Waals surface area (Å²) in [5.41, 5.74) is 0.269. The summed E-state index contributed by atoms with van der Waals surface area (Å²) in [5.74, 6) is 1.24. The quantitative estimate of drug-likeness (QED) is 0.635. The van der Waals surface area contributed by atoms with Gasteiger partial charge in [0.1, 0.15) is 0 Å². The number of nitrogens with zero attached hydrogens (tertiary/aromatic N) is 1. The summed E-state index contributed by atoms with van der Waals surface area (Å²) in [4.78, 5) is 4.55. The molecule has 1 atom stereocenters. The minimum atomic E-state index is 0.269. The zero-order valence-corrected chi connectivity index (χ0v) is 9.05. The Balaban J connectivity index is 1.94. The van der Waals surface area contributed by atoms with E-state index in [0.717, 1.165) is 19.4 Å². The van der Waals surface area contributed by atoms with Crippen LogP contribution in [0.3, 0.4) is 0 Å². The van der Waals surface area contributed by atoms with Crippen LogP contribution in [0.5, 0.6) is 0 Å². The molecule has 0 fully saturated rings. The lowest BCUT2D eigenvalue weighted by atomic mass is 9.87. The zero-order valence-electron chi connectivity index (χ0n) is 9.05. The highest BCUT2D eigenvalue weighted by molar-refractivity contribution is 5.83. The number of allylic oxidation sites excluding steroid dienone is 1. The monoisotopic (exact) mass is 192 g/mol. The molecule has 2 aliphatic rings. The Kier molecular flexibility index (Phi) is 2.90. The van der Waals surface area contributed by atoms with Crippen LogP contribution in [0.1, 0.15) is 45.4 Å². The molecule has 0 radical (unpaired) electrons. The highest BCUT2D eigenvalue weighted by atomic mass is 15.1. The molecule has 14 heavy (non-hydrogen) atoms. The van der Waals surface area contributed by atoms with Gasteiger partial charge in [-0.1, -0.05) is 12.2 Å². The van der Waals surface area contributed by atoms with E-state index in [2.05, 4.69) is 29.4 Å². The summed E-state index contributed by atoms with van der Waals surface area (Å²) < 4.78 is 0. The largest absolute Gasteiger partial charge is 0.368 e. The Hall–Kier alpha value is -0.790. The van der Waals surface area contributed by atoms with Crippen molar-refractivity contribution in [2.75, 3.05) is 6.54 Å². The second kappa shape index (κ2) is 4.16. The average molecular weight is 192 g/mol. The molecule has 1 unspecified atom stereocenters. The van der Waals surface area contributed by atoms with Crippen molar-refractivity contribution in [1.29, 1.82) is 0 Å². The van der Waals surface area contributed by atoms with Gasteiger partial charge in [0.25, 0.3) is 0 Å². The summed E-state index contributed by atoms with van der Waals surface area (Å²) in [7, 11) is 0. The third-order valence-corrected chi connectivity index (χ3v) is 3.17. The van der Waals surface area contributed by atoms with Gasteiger partial charge >= 0.3 is 0 Å². The fourth-order valence-electron chi connectivity index (χ4n) is 2.23. The van der Waals surface area contributed by atoms with Crippen LogP contribution in [0, 0.1) is 0 Å². The number of nitrogens with one attached hydrogen (secondary N) is 1. The van der Waals surface area contributed by atoms with E-state index in [1.54, 1.807) is 0 Å². The molecule has 2 heteroatoms. The Labute approximate surface area is 86.5 Å². The van der Waals surface area contributed by atoms with Crippen LogP contribution in [0.15, 0.2) is 17.1 Å². The standard InChI is InChI=1S/C12H20N2/c1-12(8-4-2-5-9-12)14-11-7-3-6-10-13-11/h2,4H,3,5-10H2,1H3,(H,13,14). The predicted molar refractivity (Wildman–Crippen MR) is 60.7 cm³/mol. The van der Waals surface area contributed by atoms with Gasteiger partial charge in [0.2, 0.25) is 0 Å². The molecule has 0 spiro atoms. The minimum Gasteiger partial charge on any atom is -0.368 e. The molecule has 1 N–H and O–H groups in total. The number of hydrogen-bond acceptors (Lipinski definition) is 2. The zero-order chi connectivity index (χ0) is 9.86. The second-order valence-corrected chi connectivity index (χ2v) is 4.69. The van der Waals surface area contributed by atoms with E-state index in [9.17, 15) is 0 Å². The first-order valence-corrected chi connectivity index (χ1v) is 5.75. The van der Waals surface area contributed by atoms with Crippen molar-refractivity contribution in [2.45, 2.75) is 51.0 Å². The van der Waals surface area contributed by atoms with Crippen molar-refractivity contribution in [3.63, 3.8) is 0 Å². The van der Waals surface area contributed by atoms with Crippen LogP contribution in [0.4, 0.5) is 0 Å². The Morgan fingerprint density at radius 1 is 1.36 bits per heavy atom. The molecule has 0 bridgehead atoms. The van der Waals surface area contributed by atoms with Gasteiger partial charge in [-0.05, 0) is 39.0 Å². The number of rotatable bonds is 1. The molecule has 1 aliphatic carbocycles. The van der Waals surface area contributed by atoms with E-state index in [-0.39, 0.29) is 5.54 Å². The molecule has 0 aromatic heterocycles. The molecular weight excluding hydrogens is 172 g/mol. The van der Waals surface area contributed by atoms with Crippen molar-refractivity contribution in [3.05, 3.63) is 12.2 Å². The smallest absolute Gasteiger partial charge is 0.0967 e. The highest BCUT2D eigenvalue weighted by Gasteiger charge is 2.25. The fourth-order valence-corrected chi connectivity index (χ4v) is 2.23. The van der Waals surface area contributed by atoms with Crippen molar-refractivity contribution in [2.24, 2.45) is 4.99 Å². The summed E-state index contributed by atoms with van der Waals surface area (Å²) in [6, 6.07) is 0. The van der Waals surface area contributed by atoms with Crippen molar-refractivity contribution < 1.29 is 0 Å². The second-order valence-electron chi connectivity index (χ2n) is 4.69. The third kappa shape index (κ3) is 2.37. The lowest BCUT2D eigenvalue weighted by Gasteiger charge is -2.34. The molecule has 0 aromatic rings. The van der Waals surface area contributed by atoms with Crippen LogP contribution >= 0.6 is 0 Å². The summed E-state index contributed by atoms with van der Waals surface area (Å²) >= 11 is 0. The summed E-state index contributed by atoms with van der Waals surface area (Å²) in [5, 5.41) is 3.63. The molecule has 78 valence electrons. The van der Waals surface area contributed by atoms with Gasteiger partial charge in [-0.3, -0.25) is 4.99 Å². The Bertz CT molecular complexity index is 255. The molecule has 2 nitrogen and oxygen atoms in total. The van der Waals surface area contributed by atoms with Gasteiger partial charge in [0, 0.05) is 18.5 Å². The van der Waals surface area contributed by atoms with Gasteiger partial charge in [-0.2, -0.15) is 0 Å². The maximum atomic E-state index is 4.55. The Morgan fingerprint density at radius 2 is 2.29 bits per heavy atom. The van der Waals surface area contributed by atoms with Gasteiger partial charge in [0.15, 0.2) is 0 Å². The first-order chi connectivity index (χ1) is 6.79. The van der Waals surface area contributed by atoms with Crippen LogP contribution in [-0.2, 0) is 0 Å². The maximum absolute atomic E-state index is 4.55. The molecule has 0 saturated carbocycles. The predicted octanol–water partition coefficient (Wildman–Crippen LogP) is 2.66. The normalized spacial score (nSPS) is 32.5. The van der Waals surface area contributed by atoms with Crippen LogP contribution in [0.2, 0.25) is 0 Å². The van der Waals surface area contributed by atoms with Crippen LogP contribution in [-0.4, -0.2) is 17.9 Å². The minimum absolute atomic E-state index is 0.269. The SMILES string of the molecule is CC1(NC2=NCCCC2)CC=CCC1. The van der Waals surface area contributed by atoms with E-state index in [0.29, 0.717) is 0 Å². The number of hydrogen-bond donors (Lipinski definition) is 1. The van der Waals surface area contributed by atoms with Gasteiger partial charge in [0.05, 0.1) is 5.84 Å². The lowest BCUT2D eigenvalue weighted by molar-refractivity contribution is 0.376. The van der Waals surface area contributed by atoms with Crippen molar-refractivity contribution in [1.82, 2.24) is 5.32 Å².